The number of benzene rings is 2. The fraction of sp³-hybridized carbons (Fsp3) is 0.409. The molecule has 1 unspecified atom stereocenters. The standard InChI is InChI=1S/C22H29FN4O3S/c1-16(18-10-11-21(20(23)14-18)30-15-17-8-9-17)27-22(24-2)25-12-13-26-31(28,29)19-6-4-3-5-7-19/h3-7,10-11,14,16-17,26H,8-9,12-13,15H2,1-2H3,(H2,24,25,27). The summed E-state index contributed by atoms with van der Waals surface area (Å²) in [5, 5.41) is 6.23. The highest BCUT2D eigenvalue weighted by Gasteiger charge is 2.22. The van der Waals surface area contributed by atoms with E-state index in [2.05, 4.69) is 20.3 Å². The summed E-state index contributed by atoms with van der Waals surface area (Å²) in [6.07, 6.45) is 2.31. The number of halogens is 1. The molecule has 9 heteroatoms. The third-order valence-corrected chi connectivity index (χ3v) is 6.44. The smallest absolute Gasteiger partial charge is 0.240 e. The van der Waals surface area contributed by atoms with Crippen molar-refractivity contribution in [2.24, 2.45) is 10.9 Å². The van der Waals surface area contributed by atoms with Crippen molar-refractivity contribution >= 4 is 16.0 Å². The lowest BCUT2D eigenvalue weighted by Crippen LogP contribution is -2.42. The Morgan fingerprint density at radius 2 is 1.94 bits per heavy atom. The second-order valence-electron chi connectivity index (χ2n) is 7.52. The van der Waals surface area contributed by atoms with Crippen molar-refractivity contribution in [3.05, 3.63) is 59.9 Å². The zero-order valence-electron chi connectivity index (χ0n) is 17.8. The molecule has 3 rings (SSSR count). The van der Waals surface area contributed by atoms with Gasteiger partial charge in [-0.25, -0.2) is 17.5 Å². The number of rotatable bonds is 10. The first-order chi connectivity index (χ1) is 14.9. The van der Waals surface area contributed by atoms with Crippen molar-refractivity contribution in [3.8, 4) is 5.75 Å². The Labute approximate surface area is 183 Å². The van der Waals surface area contributed by atoms with Gasteiger partial charge in [-0.1, -0.05) is 24.3 Å². The third-order valence-electron chi connectivity index (χ3n) is 4.97. The van der Waals surface area contributed by atoms with Crippen molar-refractivity contribution in [2.75, 3.05) is 26.7 Å². The van der Waals surface area contributed by atoms with E-state index in [4.69, 9.17) is 4.74 Å². The van der Waals surface area contributed by atoms with Gasteiger partial charge in [0.25, 0.3) is 0 Å². The molecule has 0 spiro atoms. The van der Waals surface area contributed by atoms with Gasteiger partial charge in [-0.05, 0) is 55.5 Å². The van der Waals surface area contributed by atoms with Crippen LogP contribution < -0.4 is 20.1 Å². The van der Waals surface area contributed by atoms with Gasteiger partial charge in [0.1, 0.15) is 0 Å². The molecule has 7 nitrogen and oxygen atoms in total. The van der Waals surface area contributed by atoms with Crippen molar-refractivity contribution in [2.45, 2.75) is 30.7 Å². The summed E-state index contributed by atoms with van der Waals surface area (Å²) < 4.78 is 46.9. The Kier molecular flexibility index (Phi) is 7.86. The topological polar surface area (TPSA) is 91.8 Å². The van der Waals surface area contributed by atoms with E-state index >= 15 is 0 Å². The molecular weight excluding hydrogens is 419 g/mol. The molecule has 31 heavy (non-hydrogen) atoms. The first-order valence-electron chi connectivity index (χ1n) is 10.3. The molecule has 0 heterocycles. The van der Waals surface area contributed by atoms with Crippen LogP contribution in [0.4, 0.5) is 4.39 Å². The van der Waals surface area contributed by atoms with Crippen molar-refractivity contribution in [1.29, 1.82) is 0 Å². The van der Waals surface area contributed by atoms with Gasteiger partial charge in [-0.15, -0.1) is 0 Å². The third kappa shape index (κ3) is 6.93. The molecule has 168 valence electrons. The molecular formula is C22H29FN4O3S. The summed E-state index contributed by atoms with van der Waals surface area (Å²) >= 11 is 0. The quantitative estimate of drug-likeness (QED) is 0.295. The Morgan fingerprint density at radius 1 is 1.19 bits per heavy atom. The Bertz CT molecular complexity index is 995. The normalized spacial score (nSPS) is 15.4. The van der Waals surface area contributed by atoms with Gasteiger partial charge < -0.3 is 15.4 Å². The second kappa shape index (κ2) is 10.6. The number of hydrogen-bond donors (Lipinski definition) is 3. The Balaban J connectivity index is 1.46. The fourth-order valence-corrected chi connectivity index (χ4v) is 3.98. The first-order valence-corrected chi connectivity index (χ1v) is 11.8. The average Bonchev–Trinajstić information content (AvgIpc) is 3.60. The van der Waals surface area contributed by atoms with Gasteiger partial charge in [-0.3, -0.25) is 4.99 Å². The van der Waals surface area contributed by atoms with Gasteiger partial charge in [0.05, 0.1) is 17.5 Å². The number of sulfonamides is 1. The maximum absolute atomic E-state index is 14.3. The highest BCUT2D eigenvalue weighted by Crippen LogP contribution is 2.30. The molecule has 0 amide bonds. The fourth-order valence-electron chi connectivity index (χ4n) is 2.93. The predicted molar refractivity (Wildman–Crippen MR) is 119 cm³/mol. The minimum atomic E-state index is -3.55. The predicted octanol–water partition coefficient (Wildman–Crippen LogP) is 2.82. The second-order valence-corrected chi connectivity index (χ2v) is 9.29. The molecule has 2 aromatic rings. The molecule has 1 fully saturated rings. The van der Waals surface area contributed by atoms with Crippen molar-refractivity contribution in [3.63, 3.8) is 0 Å². The average molecular weight is 449 g/mol. The molecule has 0 aromatic heterocycles. The van der Waals surface area contributed by atoms with E-state index in [1.807, 2.05) is 13.0 Å². The molecule has 1 saturated carbocycles. The van der Waals surface area contributed by atoms with Crippen LogP contribution in [-0.4, -0.2) is 41.1 Å². The summed E-state index contributed by atoms with van der Waals surface area (Å²) in [7, 11) is -1.93. The number of ether oxygens (including phenoxy) is 1. The zero-order valence-corrected chi connectivity index (χ0v) is 18.6. The van der Waals surface area contributed by atoms with Crippen LogP contribution in [0.15, 0.2) is 58.4 Å². The SMILES string of the molecule is CN=C(NCCNS(=O)(=O)c1ccccc1)NC(C)c1ccc(OCC2CC2)c(F)c1. The van der Waals surface area contributed by atoms with E-state index < -0.39 is 10.0 Å². The molecule has 1 aliphatic rings. The highest BCUT2D eigenvalue weighted by atomic mass is 32.2. The zero-order chi connectivity index (χ0) is 22.3. The van der Waals surface area contributed by atoms with Crippen LogP contribution in [0.5, 0.6) is 5.75 Å². The molecule has 0 radical (unpaired) electrons. The number of aliphatic imine (C=N–C) groups is 1. The molecule has 3 N–H and O–H groups in total. The lowest BCUT2D eigenvalue weighted by Gasteiger charge is -2.19. The first kappa shape index (κ1) is 23.0. The number of nitrogens with one attached hydrogen (secondary N) is 3. The van der Waals surface area contributed by atoms with E-state index in [9.17, 15) is 12.8 Å². The Morgan fingerprint density at radius 3 is 2.58 bits per heavy atom. The number of guanidine groups is 1. The van der Waals surface area contributed by atoms with Crippen LogP contribution in [-0.2, 0) is 10.0 Å². The van der Waals surface area contributed by atoms with Crippen molar-refractivity contribution < 1.29 is 17.5 Å². The molecule has 1 aliphatic carbocycles. The lowest BCUT2D eigenvalue weighted by atomic mass is 10.1. The van der Waals surface area contributed by atoms with E-state index in [-0.39, 0.29) is 29.0 Å². The molecule has 0 aliphatic heterocycles. The van der Waals surface area contributed by atoms with Crippen LogP contribution in [0, 0.1) is 11.7 Å². The van der Waals surface area contributed by atoms with E-state index in [0.29, 0.717) is 25.0 Å². The number of nitrogens with zero attached hydrogens (tertiary/aromatic N) is 1. The van der Waals surface area contributed by atoms with Crippen LogP contribution in [0.2, 0.25) is 0 Å². The van der Waals surface area contributed by atoms with Crippen LogP contribution >= 0.6 is 0 Å². The maximum Gasteiger partial charge on any atom is 0.240 e. The summed E-state index contributed by atoms with van der Waals surface area (Å²) in [6.45, 7) is 2.98. The van der Waals surface area contributed by atoms with Gasteiger partial charge >= 0.3 is 0 Å². The monoisotopic (exact) mass is 448 g/mol. The van der Waals surface area contributed by atoms with Crippen LogP contribution in [0.1, 0.15) is 31.4 Å². The summed E-state index contributed by atoms with van der Waals surface area (Å²) in [6, 6.07) is 12.9. The Hall–Kier alpha value is -2.65. The van der Waals surface area contributed by atoms with E-state index in [1.165, 1.54) is 6.07 Å². The van der Waals surface area contributed by atoms with Gasteiger partial charge in [-0.2, -0.15) is 0 Å². The minimum absolute atomic E-state index is 0.188. The minimum Gasteiger partial charge on any atom is -0.490 e. The molecule has 1 atom stereocenters. The highest BCUT2D eigenvalue weighted by molar-refractivity contribution is 7.89. The van der Waals surface area contributed by atoms with Crippen LogP contribution in [0.3, 0.4) is 0 Å². The van der Waals surface area contributed by atoms with Crippen LogP contribution in [0.25, 0.3) is 0 Å². The lowest BCUT2D eigenvalue weighted by molar-refractivity contribution is 0.285. The van der Waals surface area contributed by atoms with Gasteiger partial charge in [0.15, 0.2) is 17.5 Å². The van der Waals surface area contributed by atoms with E-state index in [0.717, 1.165) is 18.4 Å². The van der Waals surface area contributed by atoms with Crippen molar-refractivity contribution in [1.82, 2.24) is 15.4 Å². The number of hydrogen-bond acceptors (Lipinski definition) is 4. The van der Waals surface area contributed by atoms with Gasteiger partial charge in [0.2, 0.25) is 10.0 Å². The molecule has 0 bridgehead atoms. The largest absolute Gasteiger partial charge is 0.490 e. The molecule has 2 aromatic carbocycles. The van der Waals surface area contributed by atoms with Gasteiger partial charge in [0, 0.05) is 20.1 Å². The summed E-state index contributed by atoms with van der Waals surface area (Å²) in [5.74, 6) is 0.938. The molecule has 0 saturated heterocycles. The van der Waals surface area contributed by atoms with E-state index in [1.54, 1.807) is 43.4 Å². The summed E-state index contributed by atoms with van der Waals surface area (Å²) in [4.78, 5) is 4.36. The maximum atomic E-state index is 14.3. The summed E-state index contributed by atoms with van der Waals surface area (Å²) in [5.41, 5.74) is 0.754.